The van der Waals surface area contributed by atoms with Crippen molar-refractivity contribution in [3.05, 3.63) is 47.9 Å². The highest BCUT2D eigenvalue weighted by Gasteiger charge is 2.11. The molecule has 1 aliphatic rings. The zero-order valence-electron chi connectivity index (χ0n) is 11.2. The van der Waals surface area contributed by atoms with E-state index in [2.05, 4.69) is 16.4 Å². The van der Waals surface area contributed by atoms with Crippen LogP contribution >= 0.6 is 0 Å². The molecule has 5 heteroatoms. The van der Waals surface area contributed by atoms with Gasteiger partial charge in [-0.3, -0.25) is 9.20 Å². The molecule has 0 fully saturated rings. The quantitative estimate of drug-likeness (QED) is 0.863. The standard InChI is InChI=1S/C15H17N3O2/c19-15(16-7-4-12-5-9-20-10-6-12)13-11-17-14-3-1-2-8-18(13)14/h1-3,5,8,11H,4,6-7,9-10H2,(H,16,19). The normalized spacial score (nSPS) is 15.1. The minimum absolute atomic E-state index is 0.0867. The highest BCUT2D eigenvalue weighted by atomic mass is 16.5. The van der Waals surface area contributed by atoms with E-state index in [9.17, 15) is 4.79 Å². The molecule has 0 bridgehead atoms. The lowest BCUT2D eigenvalue weighted by Gasteiger charge is -2.13. The average Bonchev–Trinajstić information content (AvgIpc) is 2.92. The number of imidazole rings is 1. The lowest BCUT2D eigenvalue weighted by Crippen LogP contribution is -2.26. The van der Waals surface area contributed by atoms with Gasteiger partial charge in [0.05, 0.1) is 19.4 Å². The third-order valence-corrected chi connectivity index (χ3v) is 3.44. The number of carbonyl (C=O) groups excluding carboxylic acids is 1. The van der Waals surface area contributed by atoms with Gasteiger partial charge in [0, 0.05) is 12.7 Å². The van der Waals surface area contributed by atoms with E-state index in [-0.39, 0.29) is 5.91 Å². The Bertz CT molecular complexity index is 645. The molecule has 1 amide bonds. The molecule has 0 spiro atoms. The summed E-state index contributed by atoms with van der Waals surface area (Å²) in [5.41, 5.74) is 2.71. The van der Waals surface area contributed by atoms with Gasteiger partial charge in [0.25, 0.3) is 5.91 Å². The number of hydrogen-bond acceptors (Lipinski definition) is 3. The van der Waals surface area contributed by atoms with Crippen molar-refractivity contribution in [3.8, 4) is 0 Å². The van der Waals surface area contributed by atoms with Crippen molar-refractivity contribution in [2.24, 2.45) is 0 Å². The van der Waals surface area contributed by atoms with E-state index in [1.165, 1.54) is 5.57 Å². The second-order valence-electron chi connectivity index (χ2n) is 4.77. The van der Waals surface area contributed by atoms with Crippen LogP contribution in [0.1, 0.15) is 23.3 Å². The van der Waals surface area contributed by atoms with Crippen molar-refractivity contribution >= 4 is 11.6 Å². The van der Waals surface area contributed by atoms with Crippen molar-refractivity contribution < 1.29 is 9.53 Å². The van der Waals surface area contributed by atoms with Crippen molar-refractivity contribution in [1.82, 2.24) is 14.7 Å². The molecular formula is C15H17N3O2. The Kier molecular flexibility index (Phi) is 3.78. The Morgan fingerprint density at radius 3 is 3.25 bits per heavy atom. The summed E-state index contributed by atoms with van der Waals surface area (Å²) in [6.45, 7) is 2.12. The van der Waals surface area contributed by atoms with Crippen molar-refractivity contribution in [3.63, 3.8) is 0 Å². The Hall–Kier alpha value is -2.14. The summed E-state index contributed by atoms with van der Waals surface area (Å²) in [5, 5.41) is 2.94. The van der Waals surface area contributed by atoms with Gasteiger partial charge in [0.2, 0.25) is 0 Å². The summed E-state index contributed by atoms with van der Waals surface area (Å²) in [7, 11) is 0. The Labute approximate surface area is 117 Å². The summed E-state index contributed by atoms with van der Waals surface area (Å²) in [6, 6.07) is 5.67. The number of carbonyl (C=O) groups is 1. The van der Waals surface area contributed by atoms with Crippen LogP contribution < -0.4 is 5.32 Å². The summed E-state index contributed by atoms with van der Waals surface area (Å²) in [6.07, 6.45) is 7.40. The molecule has 5 nitrogen and oxygen atoms in total. The zero-order chi connectivity index (χ0) is 13.8. The molecule has 0 saturated carbocycles. The first-order chi connectivity index (χ1) is 9.84. The molecule has 1 N–H and O–H groups in total. The second-order valence-corrected chi connectivity index (χ2v) is 4.77. The molecule has 104 valence electrons. The monoisotopic (exact) mass is 271 g/mol. The van der Waals surface area contributed by atoms with Crippen LogP contribution in [0.5, 0.6) is 0 Å². The molecule has 3 rings (SSSR count). The highest BCUT2D eigenvalue weighted by molar-refractivity contribution is 5.93. The number of nitrogens with one attached hydrogen (secondary N) is 1. The predicted molar refractivity (Wildman–Crippen MR) is 75.7 cm³/mol. The van der Waals surface area contributed by atoms with Gasteiger partial charge in [-0.2, -0.15) is 0 Å². The Morgan fingerprint density at radius 2 is 2.40 bits per heavy atom. The number of pyridine rings is 1. The predicted octanol–water partition coefficient (Wildman–Crippen LogP) is 1.80. The SMILES string of the molecule is O=C(NCCC1=CCOCC1)c1cnc2ccccn12. The van der Waals surface area contributed by atoms with Crippen molar-refractivity contribution in [1.29, 1.82) is 0 Å². The second kappa shape index (κ2) is 5.88. The van der Waals surface area contributed by atoms with E-state index in [0.29, 0.717) is 18.8 Å². The third-order valence-electron chi connectivity index (χ3n) is 3.44. The van der Waals surface area contributed by atoms with Gasteiger partial charge < -0.3 is 10.1 Å². The molecule has 0 aromatic carbocycles. The molecule has 0 radical (unpaired) electrons. The van der Waals surface area contributed by atoms with E-state index in [1.807, 2.05) is 24.4 Å². The van der Waals surface area contributed by atoms with Gasteiger partial charge in [-0.05, 0) is 25.0 Å². The number of aromatic nitrogens is 2. The van der Waals surface area contributed by atoms with Crippen LogP contribution in [0, 0.1) is 0 Å². The lowest BCUT2D eigenvalue weighted by molar-refractivity contribution is 0.0948. The molecule has 2 aromatic rings. The summed E-state index contributed by atoms with van der Waals surface area (Å²) in [4.78, 5) is 16.4. The first-order valence-corrected chi connectivity index (χ1v) is 6.80. The molecule has 0 atom stereocenters. The fraction of sp³-hybridized carbons (Fsp3) is 0.333. The molecule has 1 aliphatic heterocycles. The van der Waals surface area contributed by atoms with Crippen LogP contribution in [0.15, 0.2) is 42.2 Å². The minimum Gasteiger partial charge on any atom is -0.377 e. The largest absolute Gasteiger partial charge is 0.377 e. The topological polar surface area (TPSA) is 55.6 Å². The summed E-state index contributed by atoms with van der Waals surface area (Å²) in [5.74, 6) is -0.0867. The smallest absolute Gasteiger partial charge is 0.269 e. The van der Waals surface area contributed by atoms with Gasteiger partial charge in [0.15, 0.2) is 0 Å². The van der Waals surface area contributed by atoms with Gasteiger partial charge in [-0.1, -0.05) is 17.7 Å². The van der Waals surface area contributed by atoms with E-state index in [1.54, 1.807) is 10.6 Å². The van der Waals surface area contributed by atoms with Crippen LogP contribution in [0.3, 0.4) is 0 Å². The maximum Gasteiger partial charge on any atom is 0.269 e. The number of rotatable bonds is 4. The van der Waals surface area contributed by atoms with Gasteiger partial charge >= 0.3 is 0 Å². The van der Waals surface area contributed by atoms with Crippen molar-refractivity contribution in [2.45, 2.75) is 12.8 Å². The van der Waals surface area contributed by atoms with E-state index < -0.39 is 0 Å². The minimum atomic E-state index is -0.0867. The van der Waals surface area contributed by atoms with E-state index in [4.69, 9.17) is 4.74 Å². The maximum atomic E-state index is 12.1. The molecule has 0 saturated heterocycles. The van der Waals surface area contributed by atoms with Crippen LogP contribution in [0.4, 0.5) is 0 Å². The molecule has 0 unspecified atom stereocenters. The number of ether oxygens (including phenoxy) is 1. The number of hydrogen-bond donors (Lipinski definition) is 1. The Morgan fingerprint density at radius 1 is 1.45 bits per heavy atom. The lowest BCUT2D eigenvalue weighted by atomic mass is 10.1. The highest BCUT2D eigenvalue weighted by Crippen LogP contribution is 2.11. The fourth-order valence-corrected chi connectivity index (χ4v) is 2.32. The number of amides is 1. The van der Waals surface area contributed by atoms with Gasteiger partial charge in [0.1, 0.15) is 11.3 Å². The van der Waals surface area contributed by atoms with Crippen LogP contribution in [-0.2, 0) is 4.74 Å². The Balaban J connectivity index is 1.60. The zero-order valence-corrected chi connectivity index (χ0v) is 11.2. The van der Waals surface area contributed by atoms with E-state index in [0.717, 1.165) is 25.1 Å². The molecule has 3 heterocycles. The van der Waals surface area contributed by atoms with Crippen molar-refractivity contribution in [2.75, 3.05) is 19.8 Å². The summed E-state index contributed by atoms with van der Waals surface area (Å²) < 4.78 is 7.05. The first kappa shape index (κ1) is 12.9. The van der Waals surface area contributed by atoms with Crippen LogP contribution in [0.2, 0.25) is 0 Å². The average molecular weight is 271 g/mol. The fourth-order valence-electron chi connectivity index (χ4n) is 2.32. The van der Waals surface area contributed by atoms with Gasteiger partial charge in [-0.25, -0.2) is 4.98 Å². The van der Waals surface area contributed by atoms with Crippen LogP contribution in [-0.4, -0.2) is 35.1 Å². The third kappa shape index (κ3) is 2.72. The summed E-state index contributed by atoms with van der Waals surface area (Å²) >= 11 is 0. The van der Waals surface area contributed by atoms with E-state index >= 15 is 0 Å². The first-order valence-electron chi connectivity index (χ1n) is 6.80. The maximum absolute atomic E-state index is 12.1. The number of fused-ring (bicyclic) bond motifs is 1. The van der Waals surface area contributed by atoms with Gasteiger partial charge in [-0.15, -0.1) is 0 Å². The molecular weight excluding hydrogens is 254 g/mol. The molecule has 2 aromatic heterocycles. The van der Waals surface area contributed by atoms with Crippen LogP contribution in [0.25, 0.3) is 5.65 Å². The molecule has 20 heavy (non-hydrogen) atoms. The molecule has 0 aliphatic carbocycles. The number of nitrogens with zero attached hydrogens (tertiary/aromatic N) is 2.